The lowest BCUT2D eigenvalue weighted by Gasteiger charge is -2.39. The highest BCUT2D eigenvalue weighted by Crippen LogP contribution is 2.44. The van der Waals surface area contributed by atoms with Crippen molar-refractivity contribution in [1.82, 2.24) is 19.8 Å². The summed E-state index contributed by atoms with van der Waals surface area (Å²) in [5, 5.41) is 1.11. The van der Waals surface area contributed by atoms with Crippen molar-refractivity contribution in [2.24, 2.45) is 0 Å². The van der Waals surface area contributed by atoms with Crippen molar-refractivity contribution in [3.8, 4) is 22.3 Å². The van der Waals surface area contributed by atoms with Crippen molar-refractivity contribution in [3.05, 3.63) is 77.1 Å². The predicted molar refractivity (Wildman–Crippen MR) is 146 cm³/mol. The molecular weight excluding hydrogens is 444 g/mol. The number of hydrogen-bond acceptors (Lipinski definition) is 3. The van der Waals surface area contributed by atoms with Crippen LogP contribution in [0.25, 0.3) is 33.3 Å². The Morgan fingerprint density at radius 2 is 1.75 bits per heavy atom. The number of aromatic amines is 1. The zero-order valence-corrected chi connectivity index (χ0v) is 21.6. The minimum atomic E-state index is 0.0135. The van der Waals surface area contributed by atoms with Crippen LogP contribution in [0.2, 0.25) is 0 Å². The molecule has 2 aliphatic carbocycles. The van der Waals surface area contributed by atoms with Crippen LogP contribution in [0, 0.1) is 0 Å². The summed E-state index contributed by atoms with van der Waals surface area (Å²) in [5.74, 6) is 0.720. The van der Waals surface area contributed by atoms with E-state index in [-0.39, 0.29) is 5.91 Å². The van der Waals surface area contributed by atoms with Crippen LogP contribution in [-0.2, 0) is 12.8 Å². The van der Waals surface area contributed by atoms with E-state index in [2.05, 4.69) is 42.2 Å². The molecule has 2 atom stereocenters. The Labute approximate surface area is 213 Å². The fourth-order valence-electron chi connectivity index (χ4n) is 6.27. The monoisotopic (exact) mass is 478 g/mol. The number of H-pyrrole nitrogens is 1. The van der Waals surface area contributed by atoms with Crippen molar-refractivity contribution < 1.29 is 4.79 Å². The molecule has 36 heavy (non-hydrogen) atoms. The van der Waals surface area contributed by atoms with Crippen LogP contribution >= 0.6 is 0 Å². The molecule has 184 valence electrons. The summed E-state index contributed by atoms with van der Waals surface area (Å²) in [4.78, 5) is 24.4. The molecule has 4 aromatic rings. The normalized spacial score (nSPS) is 18.9. The van der Waals surface area contributed by atoms with E-state index < -0.39 is 0 Å². The molecule has 0 fully saturated rings. The molecule has 2 aliphatic rings. The second-order valence-corrected chi connectivity index (χ2v) is 11.0. The van der Waals surface area contributed by atoms with E-state index in [1.807, 2.05) is 36.7 Å². The largest absolute Gasteiger partial charge is 0.346 e. The van der Waals surface area contributed by atoms with Gasteiger partial charge in [0.15, 0.2) is 0 Å². The SMILES string of the molecule is CN(C)C(=O)c1ccc(-c2c[nH]c3ncc(-c4cc5c6c(c4)CC(N(C)C)CC6CCC5)cc23)cc1. The lowest BCUT2D eigenvalue weighted by atomic mass is 9.71. The molecule has 2 heterocycles. The Balaban J connectivity index is 1.40. The molecule has 5 nitrogen and oxygen atoms in total. The lowest BCUT2D eigenvalue weighted by Crippen LogP contribution is -2.36. The van der Waals surface area contributed by atoms with E-state index >= 15 is 0 Å². The average molecular weight is 479 g/mol. The van der Waals surface area contributed by atoms with E-state index in [9.17, 15) is 4.79 Å². The lowest BCUT2D eigenvalue weighted by molar-refractivity contribution is 0.0827. The van der Waals surface area contributed by atoms with Gasteiger partial charge in [0, 0.05) is 54.6 Å². The van der Waals surface area contributed by atoms with Gasteiger partial charge in [-0.2, -0.15) is 0 Å². The number of fused-ring (bicyclic) bond motifs is 1. The summed E-state index contributed by atoms with van der Waals surface area (Å²) in [7, 11) is 7.99. The van der Waals surface area contributed by atoms with E-state index in [4.69, 9.17) is 4.98 Å². The zero-order chi connectivity index (χ0) is 25.0. The van der Waals surface area contributed by atoms with Gasteiger partial charge in [-0.3, -0.25) is 4.79 Å². The molecule has 2 unspecified atom stereocenters. The Kier molecular flexibility index (Phi) is 5.68. The van der Waals surface area contributed by atoms with E-state index in [0.29, 0.717) is 17.5 Å². The number of hydrogen-bond donors (Lipinski definition) is 1. The van der Waals surface area contributed by atoms with Gasteiger partial charge in [-0.15, -0.1) is 0 Å². The van der Waals surface area contributed by atoms with E-state index in [1.54, 1.807) is 30.1 Å². The number of nitrogens with zero attached hydrogens (tertiary/aromatic N) is 3. The summed E-state index contributed by atoms with van der Waals surface area (Å²) in [6.45, 7) is 0. The van der Waals surface area contributed by atoms with Crippen molar-refractivity contribution in [2.45, 2.75) is 44.1 Å². The summed E-state index contributed by atoms with van der Waals surface area (Å²) in [6.07, 6.45) is 10.2. The number of likely N-dealkylation sites (N-methyl/N-ethyl adjacent to an activating group) is 1. The third-order valence-electron chi connectivity index (χ3n) is 8.21. The third kappa shape index (κ3) is 3.92. The number of aryl methyl sites for hydroxylation is 1. The first-order valence-electron chi connectivity index (χ1n) is 13.0. The molecule has 2 aromatic carbocycles. The minimum Gasteiger partial charge on any atom is -0.346 e. The van der Waals surface area contributed by atoms with Crippen LogP contribution in [-0.4, -0.2) is 59.9 Å². The summed E-state index contributed by atoms with van der Waals surface area (Å²) in [6, 6.07) is 15.6. The molecule has 1 amide bonds. The summed E-state index contributed by atoms with van der Waals surface area (Å²) in [5.41, 5.74) is 10.9. The Hall–Kier alpha value is -3.44. The van der Waals surface area contributed by atoms with Gasteiger partial charge in [-0.25, -0.2) is 4.98 Å². The van der Waals surface area contributed by atoms with Crippen molar-refractivity contribution in [1.29, 1.82) is 0 Å². The van der Waals surface area contributed by atoms with Gasteiger partial charge < -0.3 is 14.8 Å². The maximum Gasteiger partial charge on any atom is 0.253 e. The van der Waals surface area contributed by atoms with Crippen molar-refractivity contribution in [3.63, 3.8) is 0 Å². The molecule has 0 aliphatic heterocycles. The first-order chi connectivity index (χ1) is 17.4. The maximum absolute atomic E-state index is 12.3. The van der Waals surface area contributed by atoms with E-state index in [0.717, 1.165) is 34.1 Å². The van der Waals surface area contributed by atoms with E-state index in [1.165, 1.54) is 36.8 Å². The zero-order valence-electron chi connectivity index (χ0n) is 21.6. The average Bonchev–Trinajstić information content (AvgIpc) is 3.31. The summed E-state index contributed by atoms with van der Waals surface area (Å²) >= 11 is 0. The molecule has 0 bridgehead atoms. The van der Waals surface area contributed by atoms with Crippen LogP contribution in [0.4, 0.5) is 0 Å². The van der Waals surface area contributed by atoms with Crippen molar-refractivity contribution in [2.75, 3.05) is 28.2 Å². The summed E-state index contributed by atoms with van der Waals surface area (Å²) < 4.78 is 0. The number of carbonyl (C=O) groups is 1. The molecule has 0 spiro atoms. The van der Waals surface area contributed by atoms with Crippen LogP contribution in [0.15, 0.2) is 54.9 Å². The highest BCUT2D eigenvalue weighted by Gasteiger charge is 2.32. The molecule has 0 radical (unpaired) electrons. The number of amides is 1. The molecule has 6 rings (SSSR count). The number of rotatable bonds is 4. The molecule has 0 saturated heterocycles. The fraction of sp³-hybridized carbons (Fsp3) is 0.355. The van der Waals surface area contributed by atoms with Gasteiger partial charge >= 0.3 is 0 Å². The Morgan fingerprint density at radius 1 is 0.972 bits per heavy atom. The van der Waals surface area contributed by atoms with Gasteiger partial charge in [-0.1, -0.05) is 24.3 Å². The Morgan fingerprint density at radius 3 is 2.50 bits per heavy atom. The Bertz CT molecular complexity index is 1450. The third-order valence-corrected chi connectivity index (χ3v) is 8.21. The predicted octanol–water partition coefficient (Wildman–Crippen LogP) is 5.90. The second-order valence-electron chi connectivity index (χ2n) is 11.0. The van der Waals surface area contributed by atoms with Crippen LogP contribution in [0.1, 0.15) is 52.2 Å². The molecular formula is C31H34N4O. The van der Waals surface area contributed by atoms with Gasteiger partial charge in [0.1, 0.15) is 5.65 Å². The molecule has 1 N–H and O–H groups in total. The number of aromatic nitrogens is 2. The van der Waals surface area contributed by atoms with Crippen LogP contribution in [0.3, 0.4) is 0 Å². The van der Waals surface area contributed by atoms with Gasteiger partial charge in [0.05, 0.1) is 0 Å². The fourth-order valence-corrected chi connectivity index (χ4v) is 6.27. The van der Waals surface area contributed by atoms with Crippen LogP contribution in [0.5, 0.6) is 0 Å². The van der Waals surface area contributed by atoms with Gasteiger partial charge in [0.25, 0.3) is 5.91 Å². The minimum absolute atomic E-state index is 0.0135. The van der Waals surface area contributed by atoms with Gasteiger partial charge in [0.2, 0.25) is 0 Å². The second kappa shape index (κ2) is 8.90. The quantitative estimate of drug-likeness (QED) is 0.398. The highest BCUT2D eigenvalue weighted by molar-refractivity contribution is 5.98. The highest BCUT2D eigenvalue weighted by atomic mass is 16.2. The number of pyridine rings is 1. The first-order valence-corrected chi connectivity index (χ1v) is 13.0. The van der Waals surface area contributed by atoms with Gasteiger partial charge in [-0.05, 0) is 98.1 Å². The standard InChI is InChI=1S/C31H34N4O/c1-34(2)26-14-22-7-5-6-21-12-23(13-24(15-26)29(21)22)25-16-27-28(18-33-30(27)32-17-25)19-8-10-20(11-9-19)31(36)35(3)4/h8-13,16-18,22,26H,5-7,14-15H2,1-4H3,(H,32,33). The number of benzene rings is 2. The molecule has 2 aromatic heterocycles. The van der Waals surface area contributed by atoms with Crippen LogP contribution < -0.4 is 0 Å². The molecule has 0 saturated carbocycles. The topological polar surface area (TPSA) is 52.2 Å². The first kappa shape index (κ1) is 23.0. The molecule has 5 heteroatoms. The number of carbonyl (C=O) groups excluding carboxylic acids is 1. The van der Waals surface area contributed by atoms with Crippen molar-refractivity contribution >= 4 is 16.9 Å². The number of nitrogens with one attached hydrogen (secondary N) is 1. The smallest absolute Gasteiger partial charge is 0.253 e. The maximum atomic E-state index is 12.3.